The highest BCUT2D eigenvalue weighted by Gasteiger charge is 2.28. The molecule has 9 heteroatoms. The Hall–Kier alpha value is -2.81. The average Bonchev–Trinajstić information content (AvgIpc) is 3.17. The molecule has 2 aliphatic heterocycles. The number of ether oxygens (including phenoxy) is 1. The molecule has 1 saturated heterocycles. The molecule has 3 amide bonds. The second-order valence-corrected chi connectivity index (χ2v) is 6.03. The van der Waals surface area contributed by atoms with E-state index < -0.39 is 5.97 Å². The fraction of sp³-hybridized carbons (Fsp3) is 0.471. The smallest absolute Gasteiger partial charge is 0.337 e. The number of hydrogen-bond donors (Lipinski definition) is 2. The van der Waals surface area contributed by atoms with Crippen LogP contribution >= 0.6 is 0 Å². The lowest BCUT2D eigenvalue weighted by Gasteiger charge is -2.35. The van der Waals surface area contributed by atoms with Gasteiger partial charge in [-0.15, -0.1) is 0 Å². The number of nitrogens with one attached hydrogen (secondary N) is 2. The summed E-state index contributed by atoms with van der Waals surface area (Å²) in [7, 11) is 0. The molecule has 0 saturated carbocycles. The Bertz CT molecular complexity index is 705. The zero-order valence-electron chi connectivity index (χ0n) is 14.6. The van der Waals surface area contributed by atoms with E-state index in [1.807, 2.05) is 0 Å². The van der Waals surface area contributed by atoms with Crippen LogP contribution in [0.3, 0.4) is 0 Å². The maximum Gasteiger partial charge on any atom is 0.337 e. The van der Waals surface area contributed by atoms with Crippen LogP contribution in [0.1, 0.15) is 17.5 Å². The molecule has 1 aromatic heterocycles. The molecule has 3 rings (SSSR count). The van der Waals surface area contributed by atoms with E-state index in [2.05, 4.69) is 15.5 Å². The summed E-state index contributed by atoms with van der Waals surface area (Å²) in [5.74, 6) is -0.228. The van der Waals surface area contributed by atoms with Crippen molar-refractivity contribution in [1.29, 1.82) is 0 Å². The topological polar surface area (TPSA) is 104 Å². The Morgan fingerprint density at radius 3 is 2.69 bits per heavy atom. The second kappa shape index (κ2) is 8.05. The van der Waals surface area contributed by atoms with Crippen molar-refractivity contribution in [3.8, 4) is 0 Å². The van der Waals surface area contributed by atoms with Gasteiger partial charge in [0.05, 0.1) is 25.0 Å². The fourth-order valence-corrected chi connectivity index (χ4v) is 2.97. The third kappa shape index (κ3) is 4.05. The van der Waals surface area contributed by atoms with Gasteiger partial charge in [0.2, 0.25) is 0 Å². The second-order valence-electron chi connectivity index (χ2n) is 6.03. The van der Waals surface area contributed by atoms with Crippen LogP contribution in [0.15, 0.2) is 34.1 Å². The first-order chi connectivity index (χ1) is 12.6. The molecule has 1 aromatic rings. The van der Waals surface area contributed by atoms with Gasteiger partial charge in [-0.3, -0.25) is 9.69 Å². The minimum atomic E-state index is -0.429. The largest absolute Gasteiger partial charge is 0.463 e. The van der Waals surface area contributed by atoms with Crippen molar-refractivity contribution in [3.05, 3.63) is 35.4 Å². The molecule has 9 nitrogen and oxygen atoms in total. The predicted octanol–water partition coefficient (Wildman–Crippen LogP) is 0.167. The van der Waals surface area contributed by atoms with Crippen LogP contribution in [0.4, 0.5) is 4.79 Å². The molecule has 26 heavy (non-hydrogen) atoms. The van der Waals surface area contributed by atoms with E-state index in [0.29, 0.717) is 49.8 Å². The van der Waals surface area contributed by atoms with Gasteiger partial charge in [-0.05, 0) is 19.1 Å². The van der Waals surface area contributed by atoms with Crippen molar-refractivity contribution in [2.75, 3.05) is 45.9 Å². The van der Waals surface area contributed by atoms with E-state index in [4.69, 9.17) is 9.15 Å². The highest BCUT2D eigenvalue weighted by molar-refractivity contribution is 5.93. The Balaban J connectivity index is 1.61. The van der Waals surface area contributed by atoms with Gasteiger partial charge >= 0.3 is 12.0 Å². The van der Waals surface area contributed by atoms with Crippen molar-refractivity contribution in [1.82, 2.24) is 20.4 Å². The quantitative estimate of drug-likeness (QED) is 0.724. The molecule has 0 aliphatic carbocycles. The summed E-state index contributed by atoms with van der Waals surface area (Å²) >= 11 is 0. The molecule has 0 unspecified atom stereocenters. The lowest BCUT2D eigenvalue weighted by atomic mass is 10.1. The summed E-state index contributed by atoms with van der Waals surface area (Å²) in [6.45, 7) is 4.95. The molecule has 0 aromatic carbocycles. The molecule has 3 heterocycles. The number of amides is 3. The Labute approximate surface area is 150 Å². The first-order valence-corrected chi connectivity index (χ1v) is 8.57. The lowest BCUT2D eigenvalue weighted by Crippen LogP contribution is -2.52. The molecule has 140 valence electrons. The summed E-state index contributed by atoms with van der Waals surface area (Å²) in [6, 6.07) is 3.00. The number of carbonyl (C=O) groups excluding carboxylic acids is 3. The SMILES string of the molecule is CCOC(=O)C1=C(CN2CCN(C(=O)c3ccco3)CC2)NC(=O)NC1. The Morgan fingerprint density at radius 2 is 2.04 bits per heavy atom. The summed E-state index contributed by atoms with van der Waals surface area (Å²) in [4.78, 5) is 39.8. The van der Waals surface area contributed by atoms with Crippen LogP contribution in [0.5, 0.6) is 0 Å². The number of piperazine rings is 1. The summed E-state index contributed by atoms with van der Waals surface area (Å²) < 4.78 is 10.2. The number of hydrogen-bond acceptors (Lipinski definition) is 6. The zero-order valence-corrected chi connectivity index (χ0v) is 14.6. The van der Waals surface area contributed by atoms with E-state index >= 15 is 0 Å². The van der Waals surface area contributed by atoms with Crippen molar-refractivity contribution >= 4 is 17.9 Å². The molecular formula is C17H22N4O5. The maximum absolute atomic E-state index is 12.3. The molecule has 2 N–H and O–H groups in total. The van der Waals surface area contributed by atoms with Gasteiger partial charge in [-0.1, -0.05) is 0 Å². The van der Waals surface area contributed by atoms with Gasteiger partial charge in [-0.25, -0.2) is 9.59 Å². The minimum absolute atomic E-state index is 0.128. The van der Waals surface area contributed by atoms with Crippen LogP contribution in [0.25, 0.3) is 0 Å². The molecule has 1 fully saturated rings. The first-order valence-electron chi connectivity index (χ1n) is 8.57. The van der Waals surface area contributed by atoms with Crippen LogP contribution in [-0.4, -0.2) is 73.6 Å². The highest BCUT2D eigenvalue weighted by atomic mass is 16.5. The monoisotopic (exact) mass is 362 g/mol. The van der Waals surface area contributed by atoms with E-state index in [9.17, 15) is 14.4 Å². The third-order valence-electron chi connectivity index (χ3n) is 4.35. The molecule has 0 radical (unpaired) electrons. The number of esters is 1. The van der Waals surface area contributed by atoms with Crippen LogP contribution < -0.4 is 10.6 Å². The lowest BCUT2D eigenvalue weighted by molar-refractivity contribution is -0.138. The van der Waals surface area contributed by atoms with E-state index in [1.54, 1.807) is 24.0 Å². The van der Waals surface area contributed by atoms with E-state index in [1.165, 1.54) is 6.26 Å². The molecular weight excluding hydrogens is 340 g/mol. The van der Waals surface area contributed by atoms with Crippen molar-refractivity contribution < 1.29 is 23.5 Å². The van der Waals surface area contributed by atoms with E-state index in [-0.39, 0.29) is 25.1 Å². The fourth-order valence-electron chi connectivity index (χ4n) is 2.97. The number of nitrogens with zero attached hydrogens (tertiary/aromatic N) is 2. The van der Waals surface area contributed by atoms with Crippen LogP contribution in [-0.2, 0) is 9.53 Å². The van der Waals surface area contributed by atoms with Gasteiger partial charge < -0.3 is 24.7 Å². The van der Waals surface area contributed by atoms with Gasteiger partial charge in [0.1, 0.15) is 0 Å². The third-order valence-corrected chi connectivity index (χ3v) is 4.35. The summed E-state index contributed by atoms with van der Waals surface area (Å²) in [6.07, 6.45) is 1.48. The Kier molecular flexibility index (Phi) is 5.57. The van der Waals surface area contributed by atoms with Gasteiger partial charge in [-0.2, -0.15) is 0 Å². The summed E-state index contributed by atoms with van der Waals surface area (Å²) in [5.41, 5.74) is 0.985. The minimum Gasteiger partial charge on any atom is -0.463 e. The highest BCUT2D eigenvalue weighted by Crippen LogP contribution is 2.13. The molecule has 0 atom stereocenters. The average molecular weight is 362 g/mol. The van der Waals surface area contributed by atoms with Gasteiger partial charge in [0.15, 0.2) is 5.76 Å². The van der Waals surface area contributed by atoms with Gasteiger partial charge in [0.25, 0.3) is 5.91 Å². The number of rotatable bonds is 5. The number of furan rings is 1. The maximum atomic E-state index is 12.3. The summed E-state index contributed by atoms with van der Waals surface area (Å²) in [5, 5.41) is 5.29. The first kappa shape index (κ1) is 18.0. The van der Waals surface area contributed by atoms with Gasteiger partial charge in [0, 0.05) is 38.4 Å². The van der Waals surface area contributed by atoms with Crippen LogP contribution in [0, 0.1) is 0 Å². The molecule has 0 spiro atoms. The standard InChI is InChI=1S/C17H22N4O5/c1-2-25-16(23)12-10-18-17(24)19-13(12)11-20-5-7-21(8-6-20)15(22)14-4-3-9-26-14/h3-4,9H,2,5-8,10-11H2,1H3,(H2,18,19,24). The predicted molar refractivity (Wildman–Crippen MR) is 91.2 cm³/mol. The molecule has 0 bridgehead atoms. The number of urea groups is 1. The zero-order chi connectivity index (χ0) is 18.5. The van der Waals surface area contributed by atoms with Crippen molar-refractivity contribution in [2.24, 2.45) is 0 Å². The normalized spacial score (nSPS) is 18.3. The Morgan fingerprint density at radius 1 is 1.27 bits per heavy atom. The van der Waals surface area contributed by atoms with Crippen LogP contribution in [0.2, 0.25) is 0 Å². The van der Waals surface area contributed by atoms with E-state index in [0.717, 1.165) is 0 Å². The number of carbonyl (C=O) groups is 3. The van der Waals surface area contributed by atoms with Crippen molar-refractivity contribution in [2.45, 2.75) is 6.92 Å². The van der Waals surface area contributed by atoms with Crippen molar-refractivity contribution in [3.63, 3.8) is 0 Å². The molecule has 2 aliphatic rings.